The minimum absolute atomic E-state index is 0.262. The Hall–Kier alpha value is -1.18. The fourth-order valence-electron chi connectivity index (χ4n) is 1.90. The Bertz CT molecular complexity index is 423. The highest BCUT2D eigenvalue weighted by Crippen LogP contribution is 2.23. The summed E-state index contributed by atoms with van der Waals surface area (Å²) in [6.07, 6.45) is 1.30. The van der Waals surface area contributed by atoms with E-state index in [1.54, 1.807) is 5.38 Å². The summed E-state index contributed by atoms with van der Waals surface area (Å²) in [5.74, 6) is -0.588. The van der Waals surface area contributed by atoms with Gasteiger partial charge in [0.05, 0.1) is 11.8 Å². The molecule has 18 heavy (non-hydrogen) atoms. The highest BCUT2D eigenvalue weighted by molar-refractivity contribution is 7.13. The molecule has 2 rings (SSSR count). The predicted octanol–water partition coefficient (Wildman–Crippen LogP) is 1.06. The average molecular weight is 271 g/mol. The number of nitrogens with zero attached hydrogens (tertiary/aromatic N) is 1. The summed E-state index contributed by atoms with van der Waals surface area (Å²) < 4.78 is 5.47. The average Bonchev–Trinajstić information content (AvgIpc) is 2.94. The molecule has 2 heterocycles. The van der Waals surface area contributed by atoms with Crippen LogP contribution in [0.5, 0.6) is 0 Å². The summed E-state index contributed by atoms with van der Waals surface area (Å²) in [6, 6.07) is -1.05. The third-order valence-electron chi connectivity index (χ3n) is 3.16. The molecule has 0 aromatic carbocycles. The van der Waals surface area contributed by atoms with Gasteiger partial charge in [-0.05, 0) is 13.3 Å². The second-order valence-corrected chi connectivity index (χ2v) is 5.26. The number of carboxylic acids is 1. The molecule has 4 N–H and O–H groups in total. The van der Waals surface area contributed by atoms with E-state index in [2.05, 4.69) is 17.2 Å². The maximum absolute atomic E-state index is 10.7. The van der Waals surface area contributed by atoms with Crippen molar-refractivity contribution in [2.24, 2.45) is 11.7 Å². The van der Waals surface area contributed by atoms with Crippen LogP contribution in [0, 0.1) is 5.92 Å². The Morgan fingerprint density at radius 3 is 3.22 bits per heavy atom. The molecule has 3 unspecified atom stereocenters. The number of rotatable bonds is 5. The summed E-state index contributed by atoms with van der Waals surface area (Å²) in [5, 5.41) is 14.4. The van der Waals surface area contributed by atoms with Gasteiger partial charge in [0.15, 0.2) is 5.13 Å². The van der Waals surface area contributed by atoms with Gasteiger partial charge in [0.2, 0.25) is 0 Å². The zero-order valence-electron chi connectivity index (χ0n) is 10.1. The Balaban J connectivity index is 1.88. The van der Waals surface area contributed by atoms with E-state index >= 15 is 0 Å². The molecule has 1 aromatic rings. The van der Waals surface area contributed by atoms with E-state index < -0.39 is 12.0 Å². The summed E-state index contributed by atoms with van der Waals surface area (Å²) in [7, 11) is 0. The SMILES string of the molecule is CC1OCCC1CNc1nc(C(N)C(=O)O)cs1. The van der Waals surface area contributed by atoms with Gasteiger partial charge in [-0.2, -0.15) is 0 Å². The van der Waals surface area contributed by atoms with Gasteiger partial charge in [-0.3, -0.25) is 4.79 Å². The molecular weight excluding hydrogens is 254 g/mol. The quantitative estimate of drug-likeness (QED) is 0.741. The van der Waals surface area contributed by atoms with E-state index in [1.807, 2.05) is 0 Å². The van der Waals surface area contributed by atoms with Crippen molar-refractivity contribution < 1.29 is 14.6 Å². The first-order valence-corrected chi connectivity index (χ1v) is 6.75. The number of aliphatic carboxylic acids is 1. The van der Waals surface area contributed by atoms with Gasteiger partial charge in [0.1, 0.15) is 6.04 Å². The molecule has 3 atom stereocenters. The summed E-state index contributed by atoms with van der Waals surface area (Å²) in [4.78, 5) is 14.9. The number of carboxylic acid groups (broad SMARTS) is 1. The van der Waals surface area contributed by atoms with Crippen LogP contribution in [0.15, 0.2) is 5.38 Å². The molecule has 0 spiro atoms. The van der Waals surface area contributed by atoms with Crippen LogP contribution in [0.3, 0.4) is 0 Å². The fraction of sp³-hybridized carbons (Fsp3) is 0.636. The molecule has 0 bridgehead atoms. The maximum Gasteiger partial charge on any atom is 0.326 e. The van der Waals surface area contributed by atoms with E-state index in [9.17, 15) is 4.79 Å². The van der Waals surface area contributed by atoms with Crippen molar-refractivity contribution in [1.82, 2.24) is 4.98 Å². The highest BCUT2D eigenvalue weighted by atomic mass is 32.1. The molecule has 1 aliphatic rings. The zero-order valence-corrected chi connectivity index (χ0v) is 10.9. The highest BCUT2D eigenvalue weighted by Gasteiger charge is 2.24. The summed E-state index contributed by atoms with van der Waals surface area (Å²) in [5.41, 5.74) is 5.88. The monoisotopic (exact) mass is 271 g/mol. The van der Waals surface area contributed by atoms with Gasteiger partial charge in [0.25, 0.3) is 0 Å². The van der Waals surface area contributed by atoms with E-state index in [1.165, 1.54) is 11.3 Å². The molecule has 0 saturated carbocycles. The van der Waals surface area contributed by atoms with Crippen molar-refractivity contribution in [3.63, 3.8) is 0 Å². The largest absolute Gasteiger partial charge is 0.480 e. The number of hydrogen-bond acceptors (Lipinski definition) is 6. The number of anilines is 1. The lowest BCUT2D eigenvalue weighted by atomic mass is 10.0. The Kier molecular flexibility index (Phi) is 4.15. The van der Waals surface area contributed by atoms with Crippen molar-refractivity contribution in [2.75, 3.05) is 18.5 Å². The van der Waals surface area contributed by atoms with Gasteiger partial charge < -0.3 is 20.9 Å². The normalized spacial score (nSPS) is 25.0. The van der Waals surface area contributed by atoms with Crippen molar-refractivity contribution in [2.45, 2.75) is 25.5 Å². The second kappa shape index (κ2) is 5.64. The number of hydrogen-bond donors (Lipinski definition) is 3. The van der Waals surface area contributed by atoms with Gasteiger partial charge in [-0.15, -0.1) is 11.3 Å². The smallest absolute Gasteiger partial charge is 0.326 e. The first-order chi connectivity index (χ1) is 8.58. The summed E-state index contributed by atoms with van der Waals surface area (Å²) >= 11 is 1.37. The lowest BCUT2D eigenvalue weighted by molar-refractivity contribution is -0.138. The molecular formula is C11H17N3O3S. The summed E-state index contributed by atoms with van der Waals surface area (Å²) in [6.45, 7) is 3.66. The lowest BCUT2D eigenvalue weighted by Gasteiger charge is -2.13. The molecule has 6 nitrogen and oxygen atoms in total. The molecule has 0 amide bonds. The van der Waals surface area contributed by atoms with Crippen LogP contribution in [0.1, 0.15) is 25.1 Å². The van der Waals surface area contributed by atoms with Crippen LogP contribution >= 0.6 is 11.3 Å². The molecule has 1 saturated heterocycles. The number of thiazole rings is 1. The van der Waals surface area contributed by atoms with Crippen LogP contribution in [0.4, 0.5) is 5.13 Å². The van der Waals surface area contributed by atoms with Crippen molar-refractivity contribution in [1.29, 1.82) is 0 Å². The second-order valence-electron chi connectivity index (χ2n) is 4.40. The molecule has 1 fully saturated rings. The van der Waals surface area contributed by atoms with E-state index in [4.69, 9.17) is 15.6 Å². The molecule has 0 radical (unpaired) electrons. The minimum atomic E-state index is -1.07. The molecule has 1 aromatic heterocycles. The minimum Gasteiger partial charge on any atom is -0.480 e. The van der Waals surface area contributed by atoms with Crippen LogP contribution < -0.4 is 11.1 Å². The van der Waals surface area contributed by atoms with Crippen molar-refractivity contribution in [3.8, 4) is 0 Å². The Morgan fingerprint density at radius 1 is 1.83 bits per heavy atom. The molecule has 100 valence electrons. The zero-order chi connectivity index (χ0) is 13.1. The first kappa shape index (κ1) is 13.3. The maximum atomic E-state index is 10.7. The van der Waals surface area contributed by atoms with Crippen LogP contribution in [0.25, 0.3) is 0 Å². The van der Waals surface area contributed by atoms with Gasteiger partial charge >= 0.3 is 5.97 Å². The predicted molar refractivity (Wildman–Crippen MR) is 68.7 cm³/mol. The lowest BCUT2D eigenvalue weighted by Crippen LogP contribution is -2.22. The van der Waals surface area contributed by atoms with Crippen molar-refractivity contribution >= 4 is 22.4 Å². The number of nitrogens with one attached hydrogen (secondary N) is 1. The van der Waals surface area contributed by atoms with Crippen LogP contribution in [-0.4, -0.2) is 35.3 Å². The van der Waals surface area contributed by atoms with E-state index in [0.717, 1.165) is 19.6 Å². The third kappa shape index (κ3) is 2.98. The van der Waals surface area contributed by atoms with Gasteiger partial charge in [-0.1, -0.05) is 0 Å². The number of aromatic nitrogens is 1. The Labute approximate surface area is 109 Å². The van der Waals surface area contributed by atoms with Crippen molar-refractivity contribution in [3.05, 3.63) is 11.1 Å². The molecule has 1 aliphatic heterocycles. The molecule has 7 heteroatoms. The number of nitrogens with two attached hydrogens (primary N) is 1. The van der Waals surface area contributed by atoms with Crippen LogP contribution in [0.2, 0.25) is 0 Å². The van der Waals surface area contributed by atoms with E-state index in [-0.39, 0.29) is 6.10 Å². The van der Waals surface area contributed by atoms with E-state index in [0.29, 0.717) is 16.7 Å². The fourth-order valence-corrected chi connectivity index (χ4v) is 2.66. The van der Waals surface area contributed by atoms with Crippen LogP contribution in [-0.2, 0) is 9.53 Å². The van der Waals surface area contributed by atoms with Gasteiger partial charge in [0, 0.05) is 24.4 Å². The topological polar surface area (TPSA) is 97.5 Å². The number of carbonyl (C=O) groups is 1. The number of ether oxygens (including phenoxy) is 1. The standard InChI is InChI=1S/C11H17N3O3S/c1-6-7(2-3-17-6)4-13-11-14-8(5-18-11)9(12)10(15)16/h5-7,9H,2-4,12H2,1H3,(H,13,14)(H,15,16). The Morgan fingerprint density at radius 2 is 2.61 bits per heavy atom. The van der Waals surface area contributed by atoms with Gasteiger partial charge in [-0.25, -0.2) is 4.98 Å². The molecule has 0 aliphatic carbocycles. The third-order valence-corrected chi connectivity index (χ3v) is 3.97. The first-order valence-electron chi connectivity index (χ1n) is 5.87.